The first-order chi connectivity index (χ1) is 9.28. The second-order valence-corrected chi connectivity index (χ2v) is 3.75. The summed E-state index contributed by atoms with van der Waals surface area (Å²) in [6.45, 7) is 11.3. The zero-order chi connectivity index (χ0) is 14.1. The van der Waals surface area contributed by atoms with Gasteiger partial charge >= 0.3 is 0 Å². The molecule has 0 fully saturated rings. The Balaban J connectivity index is 3.22. The van der Waals surface area contributed by atoms with Gasteiger partial charge in [-0.25, -0.2) is 0 Å². The molecule has 0 bridgehead atoms. The van der Waals surface area contributed by atoms with E-state index in [-0.39, 0.29) is 0 Å². The normalized spacial score (nSPS) is 13.4. The van der Waals surface area contributed by atoms with Crippen LogP contribution in [0.3, 0.4) is 0 Å². The SMILES string of the molecule is C=C/C=C\C(=C/C)c1conc1C(/C=C\C=C)=C/C. The van der Waals surface area contributed by atoms with E-state index in [1.165, 1.54) is 0 Å². The van der Waals surface area contributed by atoms with Crippen molar-refractivity contribution in [1.82, 2.24) is 5.16 Å². The summed E-state index contributed by atoms with van der Waals surface area (Å²) < 4.78 is 5.12. The van der Waals surface area contributed by atoms with Gasteiger partial charge in [-0.1, -0.05) is 66.9 Å². The first-order valence-corrected chi connectivity index (χ1v) is 6.14. The molecule has 0 amide bonds. The van der Waals surface area contributed by atoms with Crippen LogP contribution in [0.2, 0.25) is 0 Å². The Morgan fingerprint density at radius 1 is 1.05 bits per heavy atom. The number of hydrogen-bond donors (Lipinski definition) is 0. The molecule has 1 heterocycles. The van der Waals surface area contributed by atoms with Gasteiger partial charge < -0.3 is 4.52 Å². The Morgan fingerprint density at radius 3 is 2.16 bits per heavy atom. The minimum absolute atomic E-state index is 0.822. The Labute approximate surface area is 114 Å². The number of hydrogen-bond acceptors (Lipinski definition) is 2. The molecule has 1 aromatic heterocycles. The summed E-state index contributed by atoms with van der Waals surface area (Å²) in [5.74, 6) is 0. The maximum absolute atomic E-state index is 5.12. The van der Waals surface area contributed by atoms with Crippen LogP contribution in [0, 0.1) is 0 Å². The first-order valence-electron chi connectivity index (χ1n) is 6.14. The van der Waals surface area contributed by atoms with E-state index in [0.717, 1.165) is 22.4 Å². The maximum atomic E-state index is 5.12. The van der Waals surface area contributed by atoms with Gasteiger partial charge in [0.25, 0.3) is 0 Å². The van der Waals surface area contributed by atoms with Crippen LogP contribution in [0.25, 0.3) is 11.1 Å². The van der Waals surface area contributed by atoms with E-state index < -0.39 is 0 Å². The Hall–Kier alpha value is -2.35. The average Bonchev–Trinajstić information content (AvgIpc) is 2.90. The van der Waals surface area contributed by atoms with Crippen molar-refractivity contribution in [2.24, 2.45) is 0 Å². The van der Waals surface area contributed by atoms with Gasteiger partial charge in [0.1, 0.15) is 12.0 Å². The van der Waals surface area contributed by atoms with Crippen molar-refractivity contribution in [1.29, 1.82) is 0 Å². The maximum Gasteiger partial charge on any atom is 0.132 e. The highest BCUT2D eigenvalue weighted by Gasteiger charge is 2.12. The Bertz CT molecular complexity index is 505. The molecular formula is C17H19NO. The molecular weight excluding hydrogens is 234 g/mol. The van der Waals surface area contributed by atoms with Gasteiger partial charge in [-0.05, 0) is 19.4 Å². The molecule has 0 aromatic carbocycles. The summed E-state index contributed by atoms with van der Waals surface area (Å²) in [7, 11) is 0. The minimum Gasteiger partial charge on any atom is -0.363 e. The largest absolute Gasteiger partial charge is 0.363 e. The van der Waals surface area contributed by atoms with Gasteiger partial charge in [0.2, 0.25) is 0 Å². The van der Waals surface area contributed by atoms with Crippen molar-refractivity contribution in [2.75, 3.05) is 0 Å². The molecule has 98 valence electrons. The molecule has 0 atom stereocenters. The molecule has 0 spiro atoms. The molecule has 0 N–H and O–H groups in total. The van der Waals surface area contributed by atoms with Crippen LogP contribution in [-0.2, 0) is 0 Å². The highest BCUT2D eigenvalue weighted by Crippen LogP contribution is 2.26. The fourth-order valence-electron chi connectivity index (χ4n) is 1.65. The van der Waals surface area contributed by atoms with Gasteiger partial charge in [-0.15, -0.1) is 0 Å². The van der Waals surface area contributed by atoms with Crippen LogP contribution in [0.15, 0.2) is 72.6 Å². The zero-order valence-electron chi connectivity index (χ0n) is 11.5. The summed E-state index contributed by atoms with van der Waals surface area (Å²) in [4.78, 5) is 0. The van der Waals surface area contributed by atoms with E-state index in [9.17, 15) is 0 Å². The third-order valence-corrected chi connectivity index (χ3v) is 2.60. The lowest BCUT2D eigenvalue weighted by molar-refractivity contribution is 0.417. The van der Waals surface area contributed by atoms with Crippen LogP contribution in [0.4, 0.5) is 0 Å². The Morgan fingerprint density at radius 2 is 1.63 bits per heavy atom. The molecule has 0 aliphatic heterocycles. The lowest BCUT2D eigenvalue weighted by Crippen LogP contribution is -1.88. The lowest BCUT2D eigenvalue weighted by Gasteiger charge is -2.02. The third kappa shape index (κ3) is 3.81. The van der Waals surface area contributed by atoms with E-state index in [4.69, 9.17) is 4.52 Å². The van der Waals surface area contributed by atoms with E-state index >= 15 is 0 Å². The number of nitrogens with zero attached hydrogens (tertiary/aromatic N) is 1. The molecule has 2 nitrogen and oxygen atoms in total. The standard InChI is InChI=1S/C17H19NO/c1-5-9-11-14(7-3)16-13-19-18-17(16)15(8-4)12-10-6-2/h5-13H,1-2H2,3-4H3/b11-9-,12-10-,14-7+,15-8+. The number of allylic oxidation sites excluding steroid dienone is 10. The predicted octanol–water partition coefficient (Wildman–Crippen LogP) is 4.97. The monoisotopic (exact) mass is 253 g/mol. The molecule has 0 saturated heterocycles. The molecule has 19 heavy (non-hydrogen) atoms. The third-order valence-electron chi connectivity index (χ3n) is 2.60. The van der Waals surface area contributed by atoms with E-state index in [1.807, 2.05) is 50.3 Å². The van der Waals surface area contributed by atoms with E-state index in [0.29, 0.717) is 0 Å². The fourth-order valence-corrected chi connectivity index (χ4v) is 1.65. The van der Waals surface area contributed by atoms with Crippen LogP contribution < -0.4 is 0 Å². The summed E-state index contributed by atoms with van der Waals surface area (Å²) >= 11 is 0. The average molecular weight is 253 g/mol. The molecule has 1 rings (SSSR count). The van der Waals surface area contributed by atoms with Crippen molar-refractivity contribution in [3.05, 3.63) is 79.3 Å². The first kappa shape index (κ1) is 14.7. The van der Waals surface area contributed by atoms with E-state index in [2.05, 4.69) is 18.3 Å². The molecule has 1 aromatic rings. The molecule has 0 saturated carbocycles. The van der Waals surface area contributed by atoms with Gasteiger partial charge in [0.15, 0.2) is 0 Å². The van der Waals surface area contributed by atoms with Crippen molar-refractivity contribution < 1.29 is 4.52 Å². The molecule has 2 heteroatoms. The zero-order valence-corrected chi connectivity index (χ0v) is 11.5. The van der Waals surface area contributed by atoms with Crippen molar-refractivity contribution in [2.45, 2.75) is 13.8 Å². The number of aromatic nitrogens is 1. The summed E-state index contributed by atoms with van der Waals surface area (Å²) in [6.07, 6.45) is 16.8. The van der Waals surface area contributed by atoms with E-state index in [1.54, 1.807) is 18.4 Å². The molecule has 0 radical (unpaired) electrons. The molecule has 0 aliphatic carbocycles. The van der Waals surface area contributed by atoms with Crippen LogP contribution in [-0.4, -0.2) is 5.16 Å². The van der Waals surface area contributed by atoms with Gasteiger partial charge in [0, 0.05) is 11.1 Å². The van der Waals surface area contributed by atoms with Gasteiger partial charge in [-0.2, -0.15) is 0 Å². The summed E-state index contributed by atoms with van der Waals surface area (Å²) in [5, 5.41) is 4.09. The lowest BCUT2D eigenvalue weighted by atomic mass is 10.0. The minimum atomic E-state index is 0.822. The van der Waals surface area contributed by atoms with Gasteiger partial charge in [-0.3, -0.25) is 0 Å². The Kier molecular flexibility index (Phi) is 6.10. The highest BCUT2D eigenvalue weighted by molar-refractivity contribution is 5.84. The molecule has 0 aliphatic rings. The van der Waals surface area contributed by atoms with Gasteiger partial charge in [0.05, 0.1) is 0 Å². The molecule has 0 unspecified atom stereocenters. The quantitative estimate of drug-likeness (QED) is 0.669. The van der Waals surface area contributed by atoms with Crippen LogP contribution in [0.5, 0.6) is 0 Å². The summed E-state index contributed by atoms with van der Waals surface area (Å²) in [5.41, 5.74) is 3.82. The summed E-state index contributed by atoms with van der Waals surface area (Å²) in [6, 6.07) is 0. The van der Waals surface area contributed by atoms with Crippen molar-refractivity contribution in [3.8, 4) is 0 Å². The van der Waals surface area contributed by atoms with Crippen LogP contribution in [0.1, 0.15) is 25.1 Å². The van der Waals surface area contributed by atoms with Crippen molar-refractivity contribution in [3.63, 3.8) is 0 Å². The smallest absolute Gasteiger partial charge is 0.132 e. The van der Waals surface area contributed by atoms with Crippen LogP contribution >= 0.6 is 0 Å². The second kappa shape index (κ2) is 7.88. The fraction of sp³-hybridized carbons (Fsp3) is 0.118. The van der Waals surface area contributed by atoms with Crippen molar-refractivity contribution >= 4 is 11.1 Å². The number of rotatable bonds is 6. The second-order valence-electron chi connectivity index (χ2n) is 3.75. The predicted molar refractivity (Wildman–Crippen MR) is 82.5 cm³/mol. The highest BCUT2D eigenvalue weighted by atomic mass is 16.5. The topological polar surface area (TPSA) is 26.0 Å².